The van der Waals surface area contributed by atoms with Crippen LogP contribution in [0.3, 0.4) is 0 Å². The van der Waals surface area contributed by atoms with Crippen LogP contribution in [0.25, 0.3) is 0 Å². The van der Waals surface area contributed by atoms with E-state index in [4.69, 9.17) is 0 Å². The Morgan fingerprint density at radius 2 is 2.53 bits per heavy atom. The first-order valence-electron chi connectivity index (χ1n) is 5.50. The molecule has 1 fully saturated rings. The third kappa shape index (κ3) is 2.23. The minimum atomic E-state index is 0.718. The quantitative estimate of drug-likeness (QED) is 0.848. The van der Waals surface area contributed by atoms with Gasteiger partial charge in [0.2, 0.25) is 0 Å². The molecule has 1 saturated heterocycles. The van der Waals surface area contributed by atoms with E-state index in [9.17, 15) is 0 Å². The van der Waals surface area contributed by atoms with E-state index in [1.807, 2.05) is 23.1 Å². The molecule has 1 unspecified atom stereocenters. The van der Waals surface area contributed by atoms with Gasteiger partial charge in [-0.1, -0.05) is 0 Å². The van der Waals surface area contributed by atoms with Crippen LogP contribution in [0, 0.1) is 0 Å². The Morgan fingerprint density at radius 3 is 3.40 bits per heavy atom. The van der Waals surface area contributed by atoms with Gasteiger partial charge in [-0.15, -0.1) is 23.1 Å². The normalized spacial score (nSPS) is 26.8. The summed E-state index contributed by atoms with van der Waals surface area (Å²) in [4.78, 5) is 4.21. The lowest BCUT2D eigenvalue weighted by Gasteiger charge is -2.28. The van der Waals surface area contributed by atoms with Crippen molar-refractivity contribution < 1.29 is 0 Å². The second-order valence-corrected chi connectivity index (χ2v) is 6.30. The molecule has 1 aromatic rings. The SMILES string of the molecule is c1cc2c(s1)CCN(CC1CSCN1)C2. The summed E-state index contributed by atoms with van der Waals surface area (Å²) in [6.07, 6.45) is 1.26. The average Bonchev–Trinajstić information content (AvgIpc) is 2.87. The molecule has 82 valence electrons. The molecule has 0 amide bonds. The van der Waals surface area contributed by atoms with E-state index in [2.05, 4.69) is 21.7 Å². The van der Waals surface area contributed by atoms with E-state index in [1.165, 1.54) is 31.8 Å². The molecule has 1 aromatic heterocycles. The van der Waals surface area contributed by atoms with Gasteiger partial charge in [0.1, 0.15) is 0 Å². The van der Waals surface area contributed by atoms with E-state index in [-0.39, 0.29) is 0 Å². The summed E-state index contributed by atoms with van der Waals surface area (Å²) in [5.41, 5.74) is 1.57. The first-order chi connectivity index (χ1) is 7.42. The lowest BCUT2D eigenvalue weighted by atomic mass is 10.1. The Bertz CT molecular complexity index is 331. The summed E-state index contributed by atoms with van der Waals surface area (Å²) >= 11 is 3.95. The molecule has 0 aromatic carbocycles. The summed E-state index contributed by atoms with van der Waals surface area (Å²) in [5.74, 6) is 2.43. The molecular formula is C11H16N2S2. The third-order valence-corrected chi connectivity index (χ3v) is 5.19. The maximum atomic E-state index is 3.55. The Morgan fingerprint density at radius 1 is 1.53 bits per heavy atom. The molecule has 2 aliphatic rings. The van der Waals surface area contributed by atoms with Gasteiger partial charge in [0.15, 0.2) is 0 Å². The summed E-state index contributed by atoms with van der Waals surface area (Å²) in [7, 11) is 0. The minimum absolute atomic E-state index is 0.718. The van der Waals surface area contributed by atoms with Crippen LogP contribution in [0.2, 0.25) is 0 Å². The number of thioether (sulfide) groups is 1. The van der Waals surface area contributed by atoms with Crippen LogP contribution in [-0.2, 0) is 13.0 Å². The van der Waals surface area contributed by atoms with Crippen molar-refractivity contribution in [3.05, 3.63) is 21.9 Å². The molecule has 0 spiro atoms. The van der Waals surface area contributed by atoms with Crippen molar-refractivity contribution in [1.29, 1.82) is 0 Å². The van der Waals surface area contributed by atoms with Crippen molar-refractivity contribution in [1.82, 2.24) is 10.2 Å². The molecule has 3 heterocycles. The number of fused-ring (bicyclic) bond motifs is 1. The fourth-order valence-corrected chi connectivity index (χ4v) is 4.20. The zero-order valence-corrected chi connectivity index (χ0v) is 10.4. The maximum Gasteiger partial charge on any atom is 0.0421 e. The number of nitrogens with zero attached hydrogens (tertiary/aromatic N) is 1. The van der Waals surface area contributed by atoms with Crippen LogP contribution in [-0.4, -0.2) is 35.7 Å². The van der Waals surface area contributed by atoms with Crippen LogP contribution in [0.1, 0.15) is 10.4 Å². The van der Waals surface area contributed by atoms with Gasteiger partial charge in [-0.2, -0.15) is 0 Å². The van der Waals surface area contributed by atoms with E-state index < -0.39 is 0 Å². The summed E-state index contributed by atoms with van der Waals surface area (Å²) in [6.45, 7) is 3.64. The van der Waals surface area contributed by atoms with E-state index in [1.54, 1.807) is 10.4 Å². The summed E-state index contributed by atoms with van der Waals surface area (Å²) in [6, 6.07) is 3.01. The number of hydrogen-bond acceptors (Lipinski definition) is 4. The Hall–Kier alpha value is -0.0300. The van der Waals surface area contributed by atoms with Crippen LogP contribution in [0.5, 0.6) is 0 Å². The Kier molecular flexibility index (Phi) is 3.01. The van der Waals surface area contributed by atoms with Crippen molar-refractivity contribution >= 4 is 23.1 Å². The van der Waals surface area contributed by atoms with Crippen molar-refractivity contribution in [3.8, 4) is 0 Å². The Labute approximate surface area is 99.0 Å². The topological polar surface area (TPSA) is 15.3 Å². The molecule has 1 N–H and O–H groups in total. The molecule has 15 heavy (non-hydrogen) atoms. The summed E-state index contributed by atoms with van der Waals surface area (Å²) < 4.78 is 0. The molecule has 3 rings (SSSR count). The van der Waals surface area contributed by atoms with Crippen LogP contribution in [0.15, 0.2) is 11.4 Å². The van der Waals surface area contributed by atoms with Gasteiger partial charge in [0, 0.05) is 42.2 Å². The van der Waals surface area contributed by atoms with Gasteiger partial charge in [0.05, 0.1) is 0 Å². The number of hydrogen-bond donors (Lipinski definition) is 1. The number of rotatable bonds is 2. The molecule has 2 aliphatic heterocycles. The average molecular weight is 240 g/mol. The lowest BCUT2D eigenvalue weighted by Crippen LogP contribution is -2.41. The van der Waals surface area contributed by atoms with Gasteiger partial charge in [-0.05, 0) is 23.4 Å². The van der Waals surface area contributed by atoms with Gasteiger partial charge >= 0.3 is 0 Å². The summed E-state index contributed by atoms with van der Waals surface area (Å²) in [5, 5.41) is 5.78. The first kappa shape index (κ1) is 10.1. The van der Waals surface area contributed by atoms with Crippen molar-refractivity contribution in [2.75, 3.05) is 24.7 Å². The molecule has 2 nitrogen and oxygen atoms in total. The van der Waals surface area contributed by atoms with Gasteiger partial charge < -0.3 is 5.32 Å². The first-order valence-corrected chi connectivity index (χ1v) is 7.54. The molecule has 0 radical (unpaired) electrons. The highest BCUT2D eigenvalue weighted by Crippen LogP contribution is 2.24. The molecular weight excluding hydrogens is 224 g/mol. The molecule has 0 saturated carbocycles. The predicted octanol–water partition coefficient (Wildman–Crippen LogP) is 1.77. The van der Waals surface area contributed by atoms with Crippen LogP contribution >= 0.6 is 23.1 Å². The van der Waals surface area contributed by atoms with E-state index in [0.717, 1.165) is 11.9 Å². The second-order valence-electron chi connectivity index (χ2n) is 4.27. The molecule has 0 aliphatic carbocycles. The fourth-order valence-electron chi connectivity index (χ4n) is 2.33. The van der Waals surface area contributed by atoms with Gasteiger partial charge in [-0.3, -0.25) is 4.90 Å². The Balaban J connectivity index is 1.61. The van der Waals surface area contributed by atoms with Crippen LogP contribution < -0.4 is 5.32 Å². The largest absolute Gasteiger partial charge is 0.303 e. The standard InChI is InChI=1S/C11H16N2S2/c1-3-13(6-10-7-14-8-12-10)5-9-2-4-15-11(1)9/h2,4,10,12H,1,3,5-8H2. The zero-order chi connectivity index (χ0) is 10.1. The van der Waals surface area contributed by atoms with Gasteiger partial charge in [0.25, 0.3) is 0 Å². The van der Waals surface area contributed by atoms with E-state index in [0.29, 0.717) is 0 Å². The lowest BCUT2D eigenvalue weighted by molar-refractivity contribution is 0.237. The van der Waals surface area contributed by atoms with Crippen LogP contribution in [0.4, 0.5) is 0 Å². The van der Waals surface area contributed by atoms with Crippen molar-refractivity contribution in [3.63, 3.8) is 0 Å². The van der Waals surface area contributed by atoms with Crippen molar-refractivity contribution in [2.24, 2.45) is 0 Å². The maximum absolute atomic E-state index is 3.55. The number of nitrogens with one attached hydrogen (secondary N) is 1. The number of thiophene rings is 1. The smallest absolute Gasteiger partial charge is 0.0421 e. The third-order valence-electron chi connectivity index (χ3n) is 3.16. The molecule has 4 heteroatoms. The zero-order valence-electron chi connectivity index (χ0n) is 8.74. The fraction of sp³-hybridized carbons (Fsp3) is 0.636. The minimum Gasteiger partial charge on any atom is -0.303 e. The highest BCUT2D eigenvalue weighted by atomic mass is 32.2. The monoisotopic (exact) mass is 240 g/mol. The highest BCUT2D eigenvalue weighted by Gasteiger charge is 2.22. The predicted molar refractivity (Wildman–Crippen MR) is 67.5 cm³/mol. The highest BCUT2D eigenvalue weighted by molar-refractivity contribution is 7.99. The molecule has 1 atom stereocenters. The van der Waals surface area contributed by atoms with Gasteiger partial charge in [-0.25, -0.2) is 0 Å². The van der Waals surface area contributed by atoms with Crippen molar-refractivity contribution in [2.45, 2.75) is 19.0 Å². The second kappa shape index (κ2) is 4.45. The van der Waals surface area contributed by atoms with E-state index >= 15 is 0 Å². The molecule has 0 bridgehead atoms.